The molecular formula is C16H13N3O2S2. The number of hydrogen-bond donors (Lipinski definition) is 0. The van der Waals surface area contributed by atoms with E-state index in [2.05, 4.69) is 9.97 Å². The molecule has 5 nitrogen and oxygen atoms in total. The number of ether oxygens (including phenoxy) is 1. The van der Waals surface area contributed by atoms with Gasteiger partial charge in [0.1, 0.15) is 16.8 Å². The van der Waals surface area contributed by atoms with E-state index in [0.29, 0.717) is 24.0 Å². The third-order valence-electron chi connectivity index (χ3n) is 3.56. The Hall–Kier alpha value is -2.25. The Balaban J connectivity index is 1.38. The summed E-state index contributed by atoms with van der Waals surface area (Å²) in [6.45, 7) is 1.16. The minimum atomic E-state index is -0.0394. The fourth-order valence-electron chi connectivity index (χ4n) is 2.34. The van der Waals surface area contributed by atoms with Gasteiger partial charge in [0, 0.05) is 22.5 Å². The molecule has 0 atom stereocenters. The van der Waals surface area contributed by atoms with Gasteiger partial charge >= 0.3 is 0 Å². The van der Waals surface area contributed by atoms with E-state index in [0.717, 1.165) is 10.6 Å². The summed E-state index contributed by atoms with van der Waals surface area (Å²) in [6, 6.07) is 9.89. The summed E-state index contributed by atoms with van der Waals surface area (Å²) in [5, 5.41) is 5.21. The van der Waals surface area contributed by atoms with Gasteiger partial charge in [0.25, 0.3) is 11.1 Å². The summed E-state index contributed by atoms with van der Waals surface area (Å²) in [6.07, 6.45) is 1.74. The maximum absolute atomic E-state index is 12.4. The van der Waals surface area contributed by atoms with Crippen molar-refractivity contribution in [3.8, 4) is 15.8 Å². The first kappa shape index (κ1) is 14.3. The Kier molecular flexibility index (Phi) is 3.80. The number of amides is 1. The monoisotopic (exact) mass is 343 g/mol. The van der Waals surface area contributed by atoms with E-state index in [1.54, 1.807) is 11.1 Å². The Labute approximate surface area is 141 Å². The van der Waals surface area contributed by atoms with Crippen LogP contribution < -0.4 is 4.74 Å². The normalized spacial score (nSPS) is 14.5. The van der Waals surface area contributed by atoms with Crippen LogP contribution in [0.15, 0.2) is 47.3 Å². The summed E-state index contributed by atoms with van der Waals surface area (Å²) in [4.78, 5) is 22.7. The number of hydrogen-bond acceptors (Lipinski definition) is 6. The fraction of sp³-hybridized carbons (Fsp3) is 0.188. The molecule has 3 aromatic rings. The number of carbonyl (C=O) groups excluding carboxylic acids is 1. The van der Waals surface area contributed by atoms with Crippen molar-refractivity contribution in [2.45, 2.75) is 6.10 Å². The third kappa shape index (κ3) is 2.97. The molecule has 1 saturated heterocycles. The van der Waals surface area contributed by atoms with Crippen molar-refractivity contribution in [2.24, 2.45) is 0 Å². The van der Waals surface area contributed by atoms with E-state index < -0.39 is 0 Å². The van der Waals surface area contributed by atoms with Crippen LogP contribution in [0.1, 0.15) is 10.5 Å². The average Bonchev–Trinajstić information content (AvgIpc) is 3.22. The molecule has 0 aliphatic carbocycles. The summed E-state index contributed by atoms with van der Waals surface area (Å²) in [7, 11) is 0. The highest BCUT2D eigenvalue weighted by molar-refractivity contribution is 7.13. The Morgan fingerprint density at radius 3 is 2.78 bits per heavy atom. The molecular weight excluding hydrogens is 330 g/mol. The van der Waals surface area contributed by atoms with Gasteiger partial charge in [0.05, 0.1) is 13.1 Å². The highest BCUT2D eigenvalue weighted by Crippen LogP contribution is 2.26. The molecule has 23 heavy (non-hydrogen) atoms. The van der Waals surface area contributed by atoms with E-state index >= 15 is 0 Å². The molecule has 0 spiro atoms. The zero-order chi connectivity index (χ0) is 15.6. The Morgan fingerprint density at radius 1 is 1.22 bits per heavy atom. The Morgan fingerprint density at radius 2 is 2.04 bits per heavy atom. The van der Waals surface area contributed by atoms with Crippen molar-refractivity contribution >= 4 is 28.6 Å². The summed E-state index contributed by atoms with van der Waals surface area (Å²) in [5.74, 6) is -0.0394. The predicted octanol–water partition coefficient (Wildman–Crippen LogP) is 3.17. The lowest BCUT2D eigenvalue weighted by atomic mass is 10.1. The highest BCUT2D eigenvalue weighted by atomic mass is 32.1. The molecule has 1 aliphatic rings. The number of aromatic nitrogens is 2. The first-order valence-corrected chi connectivity index (χ1v) is 8.92. The van der Waals surface area contributed by atoms with Gasteiger partial charge in [-0.1, -0.05) is 41.7 Å². The zero-order valence-electron chi connectivity index (χ0n) is 12.1. The van der Waals surface area contributed by atoms with Crippen LogP contribution in [0.25, 0.3) is 10.6 Å². The lowest BCUT2D eigenvalue weighted by Crippen LogP contribution is -2.56. The largest absolute Gasteiger partial charge is 0.463 e. The van der Waals surface area contributed by atoms with Gasteiger partial charge < -0.3 is 9.64 Å². The van der Waals surface area contributed by atoms with E-state index in [1.807, 2.05) is 41.1 Å². The molecule has 1 amide bonds. The van der Waals surface area contributed by atoms with Gasteiger partial charge in [-0.25, -0.2) is 9.97 Å². The van der Waals surface area contributed by atoms with E-state index in [-0.39, 0.29) is 12.0 Å². The smallest absolute Gasteiger partial charge is 0.273 e. The molecule has 0 unspecified atom stereocenters. The van der Waals surface area contributed by atoms with E-state index in [4.69, 9.17) is 4.74 Å². The van der Waals surface area contributed by atoms with Crippen molar-refractivity contribution in [1.82, 2.24) is 14.9 Å². The van der Waals surface area contributed by atoms with Crippen molar-refractivity contribution in [3.05, 3.63) is 53.0 Å². The molecule has 1 fully saturated rings. The molecule has 0 radical (unpaired) electrons. The van der Waals surface area contributed by atoms with E-state index in [1.165, 1.54) is 22.7 Å². The lowest BCUT2D eigenvalue weighted by Gasteiger charge is -2.37. The van der Waals surface area contributed by atoms with Crippen molar-refractivity contribution < 1.29 is 9.53 Å². The SMILES string of the molecule is O=C(c1csc(-c2ccccc2)n1)N1CC(Oc2nccs2)C1. The fourth-order valence-corrected chi connectivity index (χ4v) is 3.69. The number of nitrogens with zero attached hydrogens (tertiary/aromatic N) is 3. The molecule has 4 rings (SSSR count). The van der Waals surface area contributed by atoms with Gasteiger partial charge in [0.2, 0.25) is 0 Å². The van der Waals surface area contributed by atoms with Crippen molar-refractivity contribution in [1.29, 1.82) is 0 Å². The van der Waals surface area contributed by atoms with Crippen molar-refractivity contribution in [2.75, 3.05) is 13.1 Å². The van der Waals surface area contributed by atoms with Gasteiger partial charge in [0.15, 0.2) is 0 Å². The standard InChI is InChI=1S/C16H13N3O2S2/c20-15(19-8-12(9-19)21-16-17-6-7-22-16)13-10-23-14(18-13)11-4-2-1-3-5-11/h1-7,10,12H,8-9H2. The second kappa shape index (κ2) is 6.10. The topological polar surface area (TPSA) is 55.3 Å². The summed E-state index contributed by atoms with van der Waals surface area (Å²) >= 11 is 2.95. The Bertz CT molecular complexity index is 796. The van der Waals surface area contributed by atoms with Gasteiger partial charge in [-0.2, -0.15) is 0 Å². The number of rotatable bonds is 4. The van der Waals surface area contributed by atoms with Crippen LogP contribution >= 0.6 is 22.7 Å². The van der Waals surface area contributed by atoms with E-state index in [9.17, 15) is 4.79 Å². The van der Waals surface area contributed by atoms with Crippen LogP contribution in [0.4, 0.5) is 0 Å². The van der Waals surface area contributed by atoms with Crippen LogP contribution in [-0.2, 0) is 0 Å². The maximum Gasteiger partial charge on any atom is 0.273 e. The highest BCUT2D eigenvalue weighted by Gasteiger charge is 2.34. The average molecular weight is 343 g/mol. The molecule has 3 heterocycles. The second-order valence-electron chi connectivity index (χ2n) is 5.15. The van der Waals surface area contributed by atoms with Crippen LogP contribution in [0, 0.1) is 0 Å². The molecule has 116 valence electrons. The number of carbonyl (C=O) groups is 1. The second-order valence-corrected chi connectivity index (χ2v) is 6.87. The maximum atomic E-state index is 12.4. The predicted molar refractivity (Wildman–Crippen MR) is 90.0 cm³/mol. The minimum Gasteiger partial charge on any atom is -0.463 e. The van der Waals surface area contributed by atoms with Gasteiger partial charge in [-0.15, -0.1) is 11.3 Å². The molecule has 1 aromatic carbocycles. The minimum absolute atomic E-state index is 0.0253. The molecule has 1 aliphatic heterocycles. The van der Waals surface area contributed by atoms with Crippen LogP contribution in [-0.4, -0.2) is 40.0 Å². The first-order chi connectivity index (χ1) is 11.3. The van der Waals surface area contributed by atoms with Crippen LogP contribution in [0.3, 0.4) is 0 Å². The number of likely N-dealkylation sites (tertiary alicyclic amines) is 1. The van der Waals surface area contributed by atoms with Crippen LogP contribution in [0.2, 0.25) is 0 Å². The molecule has 0 saturated carbocycles. The van der Waals surface area contributed by atoms with Crippen molar-refractivity contribution in [3.63, 3.8) is 0 Å². The number of benzene rings is 1. The molecule has 0 N–H and O–H groups in total. The summed E-state index contributed by atoms with van der Waals surface area (Å²) < 4.78 is 5.68. The quantitative estimate of drug-likeness (QED) is 0.730. The van der Waals surface area contributed by atoms with Gasteiger partial charge in [-0.3, -0.25) is 4.79 Å². The first-order valence-electron chi connectivity index (χ1n) is 7.16. The van der Waals surface area contributed by atoms with Gasteiger partial charge in [-0.05, 0) is 0 Å². The summed E-state index contributed by atoms with van der Waals surface area (Å²) in [5.41, 5.74) is 1.53. The third-order valence-corrected chi connectivity index (χ3v) is 5.11. The number of thiazole rings is 2. The lowest BCUT2D eigenvalue weighted by molar-refractivity contribution is 0.0173. The zero-order valence-corrected chi connectivity index (χ0v) is 13.7. The molecule has 2 aromatic heterocycles. The molecule has 0 bridgehead atoms. The molecule has 7 heteroatoms. The van der Waals surface area contributed by atoms with Crippen LogP contribution in [0.5, 0.6) is 5.19 Å².